The van der Waals surface area contributed by atoms with Gasteiger partial charge in [0.1, 0.15) is 0 Å². The summed E-state index contributed by atoms with van der Waals surface area (Å²) in [5.41, 5.74) is 24.5. The molecule has 1 aromatic rings. The van der Waals surface area contributed by atoms with Gasteiger partial charge in [-0.05, 0) is 213 Å². The first-order valence-corrected chi connectivity index (χ1v) is 34.8. The molecule has 0 saturated carbocycles. The fourth-order valence-corrected chi connectivity index (χ4v) is 14.5. The number of aliphatic hydroxyl groups excluding tert-OH is 2. The van der Waals surface area contributed by atoms with Crippen LogP contribution in [-0.2, 0) is 28.8 Å². The van der Waals surface area contributed by atoms with Gasteiger partial charge in [-0.25, -0.2) is 25.0 Å². The number of carbonyl (C=O) groups excluding carboxylic acids is 6. The maximum atomic E-state index is 14.5. The van der Waals surface area contributed by atoms with Gasteiger partial charge in [-0.15, -0.1) is 0 Å². The van der Waals surface area contributed by atoms with Crippen LogP contribution in [0.4, 0.5) is 0 Å². The van der Waals surface area contributed by atoms with E-state index in [0.29, 0.717) is 109 Å². The van der Waals surface area contributed by atoms with Crippen LogP contribution < -0.4 is 235 Å². The summed E-state index contributed by atoms with van der Waals surface area (Å²) < 4.78 is 0. The topological polar surface area (TPSA) is 459 Å². The number of hydrogen-bond acceptors (Lipinski definition) is 23. The zero-order valence-electron chi connectivity index (χ0n) is 66.0. The van der Waals surface area contributed by atoms with Crippen molar-refractivity contribution in [3.63, 3.8) is 0 Å². The van der Waals surface area contributed by atoms with Crippen LogP contribution in [0, 0.1) is 30.6 Å². The van der Waals surface area contributed by atoms with Gasteiger partial charge in [0.15, 0.2) is 0 Å². The Labute approximate surface area is 773 Å². The fraction of sp³-hybridized carbons (Fsp3) is 0.385. The Bertz CT molecular complexity index is 4620. The average Bonchev–Trinajstić information content (AvgIpc) is 1.60. The van der Waals surface area contributed by atoms with E-state index in [1.54, 1.807) is 38.2 Å². The molecule has 0 spiro atoms. The van der Waals surface area contributed by atoms with Crippen LogP contribution in [0.1, 0.15) is 162 Å². The van der Waals surface area contributed by atoms with Crippen LogP contribution in [0.15, 0.2) is 198 Å². The van der Waals surface area contributed by atoms with Gasteiger partial charge in [-0.1, -0.05) is 53.0 Å². The van der Waals surface area contributed by atoms with Crippen LogP contribution in [0.25, 0.3) is 18.2 Å². The van der Waals surface area contributed by atoms with Crippen LogP contribution in [0.3, 0.4) is 0 Å². The number of fused-ring (bicyclic) bond motifs is 10. The number of aromatic nitrogens is 1. The van der Waals surface area contributed by atoms with Gasteiger partial charge in [-0.2, -0.15) is 0 Å². The van der Waals surface area contributed by atoms with Crippen molar-refractivity contribution in [2.24, 2.45) is 65.1 Å². The molecule has 2 unspecified atom stereocenters. The molecule has 10 heterocycles. The first-order chi connectivity index (χ1) is 49.4. The normalized spacial score (nSPS) is 20.8. The van der Waals surface area contributed by atoms with Crippen molar-refractivity contribution in [1.29, 1.82) is 0 Å². The summed E-state index contributed by atoms with van der Waals surface area (Å²) >= 11 is 0. The number of nitrogens with one attached hydrogen (secondary N) is 4. The molecule has 0 aromatic carbocycles. The molecule has 26 nitrogen and oxygen atoms in total. The minimum Gasteiger partial charge on any atom is -0.629 e. The Morgan fingerprint density at radius 2 is 1.06 bits per heavy atom. The van der Waals surface area contributed by atoms with Gasteiger partial charge in [0.05, 0.1) is 110 Å². The van der Waals surface area contributed by atoms with Crippen molar-refractivity contribution in [2.45, 2.75) is 158 Å². The summed E-state index contributed by atoms with van der Waals surface area (Å²) in [4.78, 5) is 109. The molecule has 548 valence electrons. The van der Waals surface area contributed by atoms with Crippen molar-refractivity contribution in [3.8, 4) is 0 Å². The van der Waals surface area contributed by atoms with Crippen LogP contribution >= 0.6 is 0 Å². The third-order valence-corrected chi connectivity index (χ3v) is 20.4. The Morgan fingerprint density at radius 1 is 0.545 bits per heavy atom. The average molecular weight is 1550 g/mol. The second-order valence-corrected chi connectivity index (χ2v) is 26.7. The number of nitrogens with zero attached hydrogens (tertiary/aromatic N) is 6. The summed E-state index contributed by atoms with van der Waals surface area (Å²) in [7, 11) is 0. The summed E-state index contributed by atoms with van der Waals surface area (Å²) in [6.45, 7) is 27.3. The van der Waals surface area contributed by atoms with Crippen molar-refractivity contribution >= 4 is 88.2 Å². The quantitative estimate of drug-likeness (QED) is 0.0271. The molecule has 6 atom stereocenters. The van der Waals surface area contributed by atoms with E-state index in [1.165, 1.54) is 0 Å². The Kier molecular flexibility index (Phi) is 39.2. The summed E-state index contributed by atoms with van der Waals surface area (Å²) in [6.07, 6.45) is 16.8. The van der Waals surface area contributed by atoms with Crippen LogP contribution in [0.5, 0.6) is 0 Å². The molecule has 2 amide bonds. The van der Waals surface area contributed by atoms with Gasteiger partial charge in [0.25, 0.3) is 11.8 Å². The van der Waals surface area contributed by atoms with Gasteiger partial charge in [0, 0.05) is 86.4 Å². The fourth-order valence-electron chi connectivity index (χ4n) is 14.5. The molecular formula is C78H86N12Na6O14. The second kappa shape index (κ2) is 43.6. The minimum atomic E-state index is -1.52. The van der Waals surface area contributed by atoms with Gasteiger partial charge in [0.2, 0.25) is 0 Å². The summed E-state index contributed by atoms with van der Waals surface area (Å²) in [6, 6.07) is -2.81. The van der Waals surface area contributed by atoms with E-state index in [9.17, 15) is 69.6 Å². The first-order valence-electron chi connectivity index (χ1n) is 34.8. The monoisotopic (exact) mass is 1550 g/mol. The number of unbranched alkanes of at least 4 members (excludes halogenated alkanes) is 2. The molecule has 10 N–H and O–H groups in total. The van der Waals surface area contributed by atoms with E-state index in [-0.39, 0.29) is 272 Å². The molecule has 10 rings (SSSR count). The number of amides is 2. The van der Waals surface area contributed by atoms with E-state index in [2.05, 4.69) is 34.1 Å². The summed E-state index contributed by atoms with van der Waals surface area (Å²) in [5, 5.41) is 104. The predicted molar refractivity (Wildman–Crippen MR) is 386 cm³/mol. The number of aliphatic carboxylic acids is 4. The van der Waals surface area contributed by atoms with Gasteiger partial charge < -0.3 is 92.4 Å². The first kappa shape index (κ1) is 99.1. The standard InChI is InChI=1S/2C39H46N6O7.6Na/c1-7-22-18(3)26-15-28-20(5)24(12-13-32(46)47)35(43-28)34(37(48)45-25(38(49)50)11-9-10-14-40)36-33(39(51)52)21(6)29(44-36)17-31-23(8-2)19(4)27(42-31)16-30(22)41-26;1-7-22-18(3)26-15-28-20(5)24(12-13-32(46)47)35(43-28)34(39(51)52)36-33(37(48)45-25(38(49)50)11-9-10-14-40)21(6)29(44-36)17-31-23(8-2)19(4)27(42-31)16-30(22)41-26;;;;;;/h7,15-17,20,24-25,43,51-52H,1,8-14,40H2,2-6H3,(H,45,48)(H,46,47)(H,49,50);7,15-17,20,24-25,41,51-52H,1,8-14,40H2,2-6H3,(H,45,48)(H,46,47)(H,49,50);;;;;;/q;;6*+1/p-6/t2*20-,24-,25?;;;;;;/m00....../s1. The molecule has 9 aliphatic heterocycles. The molecule has 1 saturated heterocycles. The number of rotatable bonds is 24. The number of carboxylic acids is 4. The Morgan fingerprint density at radius 3 is 1.59 bits per heavy atom. The predicted octanol–water partition coefficient (Wildman–Crippen LogP) is -14.1. The molecule has 1 fully saturated rings. The molecule has 0 aliphatic carbocycles. The third-order valence-electron chi connectivity index (χ3n) is 20.4. The number of aromatic amines is 1. The van der Waals surface area contributed by atoms with E-state index >= 15 is 0 Å². The maximum absolute atomic E-state index is 14.5. The molecule has 32 heteroatoms. The van der Waals surface area contributed by atoms with Crippen molar-refractivity contribution in [3.05, 3.63) is 190 Å². The minimum absolute atomic E-state index is 0. The number of allylic oxidation sites excluding steroid dienone is 17. The number of H-pyrrole nitrogens is 1. The number of hydrogen-bond donors (Lipinski definition) is 8. The van der Waals surface area contributed by atoms with E-state index in [0.717, 1.165) is 50.3 Å². The molecule has 1 aromatic heterocycles. The third kappa shape index (κ3) is 21.5. The smallest absolute Gasteiger partial charge is 0.629 e. The molecule has 16 bridgehead atoms. The summed E-state index contributed by atoms with van der Waals surface area (Å²) in [5.74, 6) is -12.4. The van der Waals surface area contributed by atoms with E-state index < -0.39 is 88.9 Å². The van der Waals surface area contributed by atoms with Crippen molar-refractivity contribution in [2.75, 3.05) is 13.1 Å². The number of carbonyl (C=O) groups is 6. The Hall–Kier alpha value is -5.12. The molecular weight excluding hydrogens is 1470 g/mol. The molecule has 0 radical (unpaired) electrons. The van der Waals surface area contributed by atoms with E-state index in [4.69, 9.17) is 41.4 Å². The van der Waals surface area contributed by atoms with Crippen LogP contribution in [0.2, 0.25) is 0 Å². The maximum Gasteiger partial charge on any atom is 1.00 e. The second-order valence-electron chi connectivity index (χ2n) is 26.7. The van der Waals surface area contributed by atoms with E-state index in [1.807, 2.05) is 79.7 Å². The van der Waals surface area contributed by atoms with Gasteiger partial charge >= 0.3 is 177 Å². The zero-order valence-corrected chi connectivity index (χ0v) is 78.0. The Balaban J connectivity index is 0.000000541. The number of nitrogens with two attached hydrogens (primary N) is 2. The van der Waals surface area contributed by atoms with Crippen LogP contribution in [-0.4, -0.2) is 110 Å². The zero-order chi connectivity index (χ0) is 76.0. The molecule has 110 heavy (non-hydrogen) atoms. The number of aliphatic imine (C=N–C) groups is 6. The number of carboxylic acid groups (broad SMARTS) is 4. The SMILES string of the molecule is C=CC1=C(C)C2=NC1=CC1=NC(=CC3=C(C)C(=C([O-])O)C(=N3)C(C(=O)NC(CCCCN)C(=O)[O-])=C3NC(=C2)[C@@H](C)[C@@H]3CCC(=O)[O-])C(CC)=C1C.C=Cc1c2[nH]c(c1C)C=C1N=C(C(=C([O-])O)C3=NC(=CC4=NC(=C2)C(C)=C4CC)C(C)=C3C(=O)NC(CCCCN)C(=O)[O-])[C@@H](CCC(=O)[O-])[C@@H]1C.[Na+].[Na+].[Na+].[Na+].[Na+].[Na+]. The molecule has 9 aliphatic rings. The largest absolute Gasteiger partial charge is 1.00 e. The number of aliphatic hydroxyl groups is 2. The van der Waals surface area contributed by atoms with Crippen molar-refractivity contribution < 1.29 is 247 Å². The van der Waals surface area contributed by atoms with Crippen molar-refractivity contribution in [1.82, 2.24) is 20.9 Å². The van der Waals surface area contributed by atoms with Gasteiger partial charge in [-0.3, -0.25) is 14.6 Å².